The lowest BCUT2D eigenvalue weighted by Gasteiger charge is -2.11. The van der Waals surface area contributed by atoms with Crippen LogP contribution < -0.4 is 0 Å². The highest BCUT2D eigenvalue weighted by Gasteiger charge is 2.06. The van der Waals surface area contributed by atoms with Crippen molar-refractivity contribution >= 4 is 45.1 Å². The summed E-state index contributed by atoms with van der Waals surface area (Å²) in [6.07, 6.45) is 0. The highest BCUT2D eigenvalue weighted by molar-refractivity contribution is 7.98. The first-order chi connectivity index (χ1) is 10.8. The SMILES string of the molecule is CCSCc1cccc2cc3cccc(CSCC)c3cc12. The molecule has 0 unspecified atom stereocenters. The number of thioether (sulfide) groups is 2. The van der Waals surface area contributed by atoms with E-state index in [0.717, 1.165) is 11.5 Å². The fraction of sp³-hybridized carbons (Fsp3) is 0.300. The molecule has 0 aliphatic rings. The molecule has 0 saturated carbocycles. The molecule has 0 aliphatic heterocycles. The van der Waals surface area contributed by atoms with Crippen LogP contribution in [0.4, 0.5) is 0 Å². The maximum Gasteiger partial charge on any atom is 0.0190 e. The van der Waals surface area contributed by atoms with Gasteiger partial charge in [0.2, 0.25) is 0 Å². The van der Waals surface area contributed by atoms with Gasteiger partial charge < -0.3 is 0 Å². The van der Waals surface area contributed by atoms with Crippen molar-refractivity contribution in [1.29, 1.82) is 0 Å². The van der Waals surface area contributed by atoms with Gasteiger partial charge in [0.25, 0.3) is 0 Å². The van der Waals surface area contributed by atoms with Crippen LogP contribution in [0.15, 0.2) is 48.5 Å². The van der Waals surface area contributed by atoms with Gasteiger partial charge in [-0.3, -0.25) is 0 Å². The summed E-state index contributed by atoms with van der Waals surface area (Å²) in [6, 6.07) is 18.2. The number of hydrogen-bond donors (Lipinski definition) is 0. The Kier molecular flexibility index (Phi) is 5.32. The Bertz CT molecular complexity index is 714. The predicted molar refractivity (Wildman–Crippen MR) is 105 cm³/mol. The molecular formula is C20H22S2. The van der Waals surface area contributed by atoms with Crippen molar-refractivity contribution in [3.05, 3.63) is 59.7 Å². The zero-order valence-electron chi connectivity index (χ0n) is 13.3. The van der Waals surface area contributed by atoms with Gasteiger partial charge in [0.15, 0.2) is 0 Å². The summed E-state index contributed by atoms with van der Waals surface area (Å²) in [5.41, 5.74) is 2.92. The summed E-state index contributed by atoms with van der Waals surface area (Å²) in [5.74, 6) is 4.54. The lowest BCUT2D eigenvalue weighted by Crippen LogP contribution is -1.88. The van der Waals surface area contributed by atoms with Crippen LogP contribution in [0.25, 0.3) is 21.5 Å². The van der Waals surface area contributed by atoms with Gasteiger partial charge in [-0.2, -0.15) is 23.5 Å². The van der Waals surface area contributed by atoms with Crippen LogP contribution in [0, 0.1) is 0 Å². The largest absolute Gasteiger partial charge is 0.157 e. The molecule has 22 heavy (non-hydrogen) atoms. The third kappa shape index (κ3) is 3.28. The van der Waals surface area contributed by atoms with Crippen LogP contribution in [-0.4, -0.2) is 11.5 Å². The maximum absolute atomic E-state index is 2.42. The van der Waals surface area contributed by atoms with Crippen LogP contribution >= 0.6 is 23.5 Å². The molecule has 3 rings (SSSR count). The summed E-state index contributed by atoms with van der Waals surface area (Å²) >= 11 is 3.99. The fourth-order valence-electron chi connectivity index (χ4n) is 2.86. The summed E-state index contributed by atoms with van der Waals surface area (Å²) in [5, 5.41) is 5.57. The average molecular weight is 327 g/mol. The molecule has 0 heterocycles. The molecule has 0 radical (unpaired) electrons. The Morgan fingerprint density at radius 3 is 1.64 bits per heavy atom. The van der Waals surface area contributed by atoms with Crippen LogP contribution in [0.1, 0.15) is 25.0 Å². The molecular weight excluding hydrogens is 304 g/mol. The van der Waals surface area contributed by atoms with E-state index >= 15 is 0 Å². The second-order valence-corrected chi connectivity index (χ2v) is 7.95. The molecule has 114 valence electrons. The third-order valence-corrected chi connectivity index (χ3v) is 5.83. The van der Waals surface area contributed by atoms with E-state index in [1.165, 1.54) is 44.2 Å². The monoisotopic (exact) mass is 326 g/mol. The Hall–Kier alpha value is -1.12. The smallest absolute Gasteiger partial charge is 0.0190 e. The first-order valence-electron chi connectivity index (χ1n) is 7.92. The molecule has 0 amide bonds. The van der Waals surface area contributed by atoms with Gasteiger partial charge in [0.1, 0.15) is 0 Å². The normalized spacial score (nSPS) is 11.4. The van der Waals surface area contributed by atoms with E-state index in [2.05, 4.69) is 62.4 Å². The Morgan fingerprint density at radius 1 is 0.682 bits per heavy atom. The molecule has 3 aromatic carbocycles. The summed E-state index contributed by atoms with van der Waals surface area (Å²) in [4.78, 5) is 0. The zero-order chi connectivity index (χ0) is 15.4. The second-order valence-electron chi connectivity index (χ2n) is 5.40. The van der Waals surface area contributed by atoms with E-state index in [4.69, 9.17) is 0 Å². The van der Waals surface area contributed by atoms with E-state index < -0.39 is 0 Å². The highest BCUT2D eigenvalue weighted by Crippen LogP contribution is 2.30. The molecule has 0 aromatic heterocycles. The van der Waals surface area contributed by atoms with Gasteiger partial charge >= 0.3 is 0 Å². The molecule has 0 fully saturated rings. The lowest BCUT2D eigenvalue weighted by atomic mass is 9.98. The molecule has 0 N–H and O–H groups in total. The maximum atomic E-state index is 2.42. The number of hydrogen-bond acceptors (Lipinski definition) is 2. The minimum atomic E-state index is 1.10. The van der Waals surface area contributed by atoms with E-state index in [-0.39, 0.29) is 0 Å². The highest BCUT2D eigenvalue weighted by atomic mass is 32.2. The van der Waals surface area contributed by atoms with Crippen molar-refractivity contribution in [2.45, 2.75) is 25.4 Å². The number of benzene rings is 3. The van der Waals surface area contributed by atoms with Gasteiger partial charge in [-0.25, -0.2) is 0 Å². The predicted octanol–water partition coefficient (Wildman–Crippen LogP) is 6.50. The molecule has 3 aromatic rings. The van der Waals surface area contributed by atoms with Crippen LogP contribution in [0.5, 0.6) is 0 Å². The zero-order valence-corrected chi connectivity index (χ0v) is 14.9. The average Bonchev–Trinajstić information content (AvgIpc) is 2.56. The fourth-order valence-corrected chi connectivity index (χ4v) is 4.21. The van der Waals surface area contributed by atoms with Crippen molar-refractivity contribution in [3.8, 4) is 0 Å². The van der Waals surface area contributed by atoms with Gasteiger partial charge in [0.05, 0.1) is 0 Å². The van der Waals surface area contributed by atoms with Crippen molar-refractivity contribution < 1.29 is 0 Å². The van der Waals surface area contributed by atoms with Crippen LogP contribution in [0.2, 0.25) is 0 Å². The standard InChI is InChI=1S/C20H22S2/c1-3-21-13-17-9-5-7-15-11-16-8-6-10-18(14-22-4-2)20(16)12-19(15)17/h5-12H,3-4,13-14H2,1-2H3. The topological polar surface area (TPSA) is 0 Å². The molecule has 0 bridgehead atoms. The van der Waals surface area contributed by atoms with Gasteiger partial charge in [-0.1, -0.05) is 50.2 Å². The Morgan fingerprint density at radius 2 is 1.18 bits per heavy atom. The Labute approximate surface area is 141 Å². The Balaban J connectivity index is 2.15. The van der Waals surface area contributed by atoms with Crippen LogP contribution in [0.3, 0.4) is 0 Å². The van der Waals surface area contributed by atoms with Gasteiger partial charge in [0, 0.05) is 11.5 Å². The first-order valence-corrected chi connectivity index (χ1v) is 10.2. The minimum Gasteiger partial charge on any atom is -0.157 e. The van der Waals surface area contributed by atoms with E-state index in [9.17, 15) is 0 Å². The summed E-state index contributed by atoms with van der Waals surface area (Å²) in [6.45, 7) is 4.45. The lowest BCUT2D eigenvalue weighted by molar-refractivity contribution is 1.42. The molecule has 0 saturated heterocycles. The minimum absolute atomic E-state index is 1.10. The summed E-state index contributed by atoms with van der Waals surface area (Å²) in [7, 11) is 0. The third-order valence-electron chi connectivity index (χ3n) is 3.98. The quantitative estimate of drug-likeness (QED) is 0.474. The van der Waals surface area contributed by atoms with Gasteiger partial charge in [-0.15, -0.1) is 0 Å². The van der Waals surface area contributed by atoms with E-state index in [1.54, 1.807) is 0 Å². The second kappa shape index (κ2) is 7.43. The molecule has 0 spiro atoms. The number of fused-ring (bicyclic) bond motifs is 2. The molecule has 0 aliphatic carbocycles. The molecule has 0 atom stereocenters. The van der Waals surface area contributed by atoms with Gasteiger partial charge in [-0.05, 0) is 56.3 Å². The van der Waals surface area contributed by atoms with Crippen molar-refractivity contribution in [2.75, 3.05) is 11.5 Å². The van der Waals surface area contributed by atoms with Crippen LogP contribution in [-0.2, 0) is 11.5 Å². The van der Waals surface area contributed by atoms with Crippen molar-refractivity contribution in [1.82, 2.24) is 0 Å². The van der Waals surface area contributed by atoms with Crippen molar-refractivity contribution in [3.63, 3.8) is 0 Å². The van der Waals surface area contributed by atoms with E-state index in [1.807, 2.05) is 23.5 Å². The first kappa shape index (κ1) is 15.8. The molecule has 0 nitrogen and oxygen atoms in total. The van der Waals surface area contributed by atoms with Crippen molar-refractivity contribution in [2.24, 2.45) is 0 Å². The summed E-state index contributed by atoms with van der Waals surface area (Å²) < 4.78 is 0. The molecule has 2 heteroatoms. The van der Waals surface area contributed by atoms with E-state index in [0.29, 0.717) is 0 Å². The number of rotatable bonds is 6.